The molecule has 114 valence electrons. The van der Waals surface area contributed by atoms with Gasteiger partial charge in [-0.3, -0.25) is 4.57 Å². The molecule has 0 spiro atoms. The summed E-state index contributed by atoms with van der Waals surface area (Å²) in [5.41, 5.74) is 0. The van der Waals surface area contributed by atoms with Crippen molar-refractivity contribution in [1.82, 2.24) is 9.55 Å². The number of ether oxygens (including phenoxy) is 1. The number of rotatable bonds is 6. The fourth-order valence-corrected chi connectivity index (χ4v) is 3.25. The molecule has 0 bridgehead atoms. The van der Waals surface area contributed by atoms with Crippen molar-refractivity contribution in [2.45, 2.75) is 44.5 Å². The van der Waals surface area contributed by atoms with Crippen molar-refractivity contribution in [2.75, 3.05) is 12.9 Å². The molecule has 0 aliphatic heterocycles. The Morgan fingerprint density at radius 3 is 2.45 bits per heavy atom. The quantitative estimate of drug-likeness (QED) is 0.575. The van der Waals surface area contributed by atoms with E-state index >= 15 is 0 Å². The molecule has 0 aliphatic carbocycles. The van der Waals surface area contributed by atoms with E-state index in [4.69, 9.17) is 4.74 Å². The number of hydrogen-bond acceptors (Lipinski definition) is 4. The Labute approximate surface area is 121 Å². The summed E-state index contributed by atoms with van der Waals surface area (Å²) >= 11 is 0. The van der Waals surface area contributed by atoms with Crippen molar-refractivity contribution in [3.63, 3.8) is 0 Å². The van der Waals surface area contributed by atoms with Crippen LogP contribution in [-0.2, 0) is 21.3 Å². The molecule has 0 aromatic carbocycles. The minimum Gasteiger partial charge on any atom is -0.361 e. The maximum Gasteiger partial charge on any atom is 0.230 e. The zero-order valence-corrected chi connectivity index (χ0v) is 14.7. The lowest BCUT2D eigenvalue weighted by atomic mass is 10.5. The third kappa shape index (κ3) is 4.57. The Morgan fingerprint density at radius 2 is 2.00 bits per heavy atom. The van der Waals surface area contributed by atoms with Gasteiger partial charge in [0, 0.05) is 20.9 Å². The van der Waals surface area contributed by atoms with Crippen LogP contribution in [0.3, 0.4) is 0 Å². The molecule has 7 heteroatoms. The minimum absolute atomic E-state index is 0.0172. The molecular weight excluding hydrogens is 292 g/mol. The second-order valence-corrected chi connectivity index (χ2v) is 13.6. The predicted molar refractivity (Wildman–Crippen MR) is 84.4 cm³/mol. The van der Waals surface area contributed by atoms with E-state index < -0.39 is 17.9 Å². The van der Waals surface area contributed by atoms with Gasteiger partial charge in [0.15, 0.2) is 0 Å². The van der Waals surface area contributed by atoms with Crippen LogP contribution < -0.4 is 10.7 Å². The lowest BCUT2D eigenvalue weighted by Gasteiger charge is -2.16. The van der Waals surface area contributed by atoms with E-state index in [-0.39, 0.29) is 11.9 Å². The first-order valence-corrected chi connectivity index (χ1v) is 12.2. The van der Waals surface area contributed by atoms with E-state index in [2.05, 4.69) is 31.2 Å². The Hall–Kier alpha value is -0.923. The van der Waals surface area contributed by atoms with Gasteiger partial charge in [0.05, 0.1) is 10.7 Å². The second-order valence-electron chi connectivity index (χ2n) is 6.06. The summed E-state index contributed by atoms with van der Waals surface area (Å²) in [6, 6.07) is 1.04. The zero-order chi connectivity index (χ0) is 15.6. The van der Waals surface area contributed by atoms with E-state index in [9.17, 15) is 8.42 Å². The van der Waals surface area contributed by atoms with Crippen LogP contribution in [0.4, 0.5) is 0 Å². The van der Waals surface area contributed by atoms with Gasteiger partial charge in [-0.2, -0.15) is 0 Å². The van der Waals surface area contributed by atoms with Crippen LogP contribution in [0.2, 0.25) is 25.7 Å². The molecule has 0 radical (unpaired) electrons. The monoisotopic (exact) mass is 316 g/mol. The lowest BCUT2D eigenvalue weighted by molar-refractivity contribution is 0.0791. The van der Waals surface area contributed by atoms with Crippen molar-refractivity contribution < 1.29 is 13.2 Å². The Balaban J connectivity index is 2.95. The van der Waals surface area contributed by atoms with Crippen molar-refractivity contribution >= 4 is 30.6 Å². The lowest BCUT2D eigenvalue weighted by Crippen LogP contribution is -2.30. The first-order valence-electron chi connectivity index (χ1n) is 6.56. The molecule has 0 fully saturated rings. The maximum atomic E-state index is 11.8. The number of sulfone groups is 1. The molecule has 5 nitrogen and oxygen atoms in total. The van der Waals surface area contributed by atoms with E-state index in [1.165, 1.54) is 4.57 Å². The smallest absolute Gasteiger partial charge is 0.230 e. The molecule has 1 aromatic heterocycles. The summed E-state index contributed by atoms with van der Waals surface area (Å²) in [6.45, 7) is 13.3. The van der Waals surface area contributed by atoms with Crippen molar-refractivity contribution in [3.05, 3.63) is 10.7 Å². The van der Waals surface area contributed by atoms with Crippen LogP contribution in [0.5, 0.6) is 0 Å². The van der Waals surface area contributed by atoms with Crippen LogP contribution in [0.15, 0.2) is 5.16 Å². The molecule has 0 saturated carbocycles. The third-order valence-corrected chi connectivity index (χ3v) is 5.57. The molecular formula is C13H24N2O3SSi. The molecule has 0 amide bonds. The normalized spacial score (nSPS) is 13.9. The van der Waals surface area contributed by atoms with Gasteiger partial charge in [0.1, 0.15) is 6.73 Å². The van der Waals surface area contributed by atoms with Gasteiger partial charge in [0.25, 0.3) is 0 Å². The molecule has 1 heterocycles. The predicted octanol–water partition coefficient (Wildman–Crippen LogP) is 0.810. The number of aromatic nitrogens is 2. The third-order valence-electron chi connectivity index (χ3n) is 2.89. The van der Waals surface area contributed by atoms with Crippen LogP contribution in [0.25, 0.3) is 12.7 Å². The van der Waals surface area contributed by atoms with Crippen LogP contribution in [0.1, 0.15) is 6.92 Å². The number of hydrogen-bond donors (Lipinski definition) is 0. The SMILES string of the molecule is C=c1/c(=C\C)nc(S(C)(=O)=O)n1COCC[Si](C)(C)C. The van der Waals surface area contributed by atoms with E-state index in [0.29, 0.717) is 17.3 Å². The molecule has 1 rings (SSSR count). The van der Waals surface area contributed by atoms with Crippen LogP contribution in [-0.4, -0.2) is 38.9 Å². The highest BCUT2D eigenvalue weighted by atomic mass is 32.2. The van der Waals surface area contributed by atoms with Gasteiger partial charge in [-0.05, 0) is 13.0 Å². The fourth-order valence-electron chi connectivity index (χ4n) is 1.66. The molecule has 1 aromatic rings. The Bertz CT molecular complexity index is 672. The average molecular weight is 316 g/mol. The Kier molecular flexibility index (Phi) is 5.34. The van der Waals surface area contributed by atoms with Crippen molar-refractivity contribution in [3.8, 4) is 0 Å². The summed E-state index contributed by atoms with van der Waals surface area (Å²) < 4.78 is 30.6. The average Bonchev–Trinajstić information content (AvgIpc) is 2.60. The highest BCUT2D eigenvalue weighted by molar-refractivity contribution is 7.90. The summed E-state index contributed by atoms with van der Waals surface area (Å²) in [5, 5.41) is 1.17. The minimum atomic E-state index is -3.39. The van der Waals surface area contributed by atoms with Crippen molar-refractivity contribution in [1.29, 1.82) is 0 Å². The zero-order valence-electron chi connectivity index (χ0n) is 12.9. The molecule has 0 atom stereocenters. The number of imidazole rings is 1. The molecule has 0 N–H and O–H groups in total. The summed E-state index contributed by atoms with van der Waals surface area (Å²) in [7, 11) is -4.54. The van der Waals surface area contributed by atoms with E-state index in [0.717, 1.165) is 12.3 Å². The summed E-state index contributed by atoms with van der Waals surface area (Å²) in [5.74, 6) is 0. The number of nitrogens with zero attached hydrogens (tertiary/aromatic N) is 2. The van der Waals surface area contributed by atoms with E-state index in [1.807, 2.05) is 0 Å². The Morgan fingerprint density at radius 1 is 1.40 bits per heavy atom. The second kappa shape index (κ2) is 6.24. The van der Waals surface area contributed by atoms with Gasteiger partial charge < -0.3 is 4.74 Å². The van der Waals surface area contributed by atoms with Crippen LogP contribution in [0, 0.1) is 0 Å². The van der Waals surface area contributed by atoms with Gasteiger partial charge in [-0.1, -0.05) is 32.3 Å². The van der Waals surface area contributed by atoms with Crippen molar-refractivity contribution in [2.24, 2.45) is 0 Å². The highest BCUT2D eigenvalue weighted by Gasteiger charge is 2.17. The molecule has 0 aliphatic rings. The largest absolute Gasteiger partial charge is 0.361 e. The van der Waals surface area contributed by atoms with Gasteiger partial charge >= 0.3 is 0 Å². The molecule has 20 heavy (non-hydrogen) atoms. The fraction of sp³-hybridized carbons (Fsp3) is 0.615. The first-order chi connectivity index (χ1) is 9.06. The first kappa shape index (κ1) is 17.1. The summed E-state index contributed by atoms with van der Waals surface area (Å²) in [6.07, 6.45) is 2.89. The topological polar surface area (TPSA) is 61.2 Å². The van der Waals surface area contributed by atoms with Gasteiger partial charge in [-0.15, -0.1) is 0 Å². The molecule has 0 unspecified atom stereocenters. The van der Waals surface area contributed by atoms with Gasteiger partial charge in [0.2, 0.25) is 15.0 Å². The van der Waals surface area contributed by atoms with Crippen LogP contribution >= 0.6 is 0 Å². The maximum absolute atomic E-state index is 11.8. The standard InChI is InChI=1S/C13H24N2O3SSi/c1-7-12-11(2)15(13(14-12)19(3,16)17)10-18-8-9-20(4,5)6/h7H,2,8-10H2,1,3-6H3/b12-7+. The van der Waals surface area contributed by atoms with E-state index in [1.54, 1.807) is 13.0 Å². The molecule has 0 saturated heterocycles. The summed E-state index contributed by atoms with van der Waals surface area (Å²) in [4.78, 5) is 4.11. The highest BCUT2D eigenvalue weighted by Crippen LogP contribution is 2.08. The van der Waals surface area contributed by atoms with Gasteiger partial charge in [-0.25, -0.2) is 13.4 Å².